The zero-order valence-electron chi connectivity index (χ0n) is 16.0. The number of carbonyl (C=O) groups is 2. The zero-order chi connectivity index (χ0) is 22.4. The van der Waals surface area contributed by atoms with Crippen molar-refractivity contribution in [1.82, 2.24) is 15.2 Å². The third-order valence-electron chi connectivity index (χ3n) is 5.67. The normalized spacial score (nSPS) is 19.2. The SMILES string of the molecule is O=C1NC(=O)C2(CCN(Cc3ncc(C(F)(F)F)cc3Cl)CC2)N1c1ccccc1Cl. The van der Waals surface area contributed by atoms with E-state index in [1.807, 2.05) is 4.90 Å². The van der Waals surface area contributed by atoms with Crippen LogP contribution in [-0.4, -0.2) is 40.5 Å². The number of rotatable bonds is 3. The highest BCUT2D eigenvalue weighted by Crippen LogP contribution is 2.40. The molecule has 2 aliphatic rings. The number of imide groups is 1. The van der Waals surface area contributed by atoms with E-state index in [9.17, 15) is 22.8 Å². The molecule has 1 aromatic carbocycles. The summed E-state index contributed by atoms with van der Waals surface area (Å²) in [7, 11) is 0. The molecular formula is C20H17Cl2F3N4O2. The zero-order valence-corrected chi connectivity index (χ0v) is 17.6. The molecule has 2 saturated heterocycles. The summed E-state index contributed by atoms with van der Waals surface area (Å²) in [4.78, 5) is 32.5. The Hall–Kier alpha value is -2.36. The topological polar surface area (TPSA) is 65.5 Å². The van der Waals surface area contributed by atoms with Crippen molar-refractivity contribution in [2.24, 2.45) is 0 Å². The van der Waals surface area contributed by atoms with E-state index in [0.29, 0.717) is 42.3 Å². The average Bonchev–Trinajstić information content (AvgIpc) is 2.94. The molecule has 3 heterocycles. The number of likely N-dealkylation sites (tertiary alicyclic amines) is 1. The fraction of sp³-hybridized carbons (Fsp3) is 0.350. The fourth-order valence-electron chi connectivity index (χ4n) is 4.02. The molecular weight excluding hydrogens is 456 g/mol. The molecule has 0 atom stereocenters. The van der Waals surface area contributed by atoms with Crippen LogP contribution < -0.4 is 10.2 Å². The smallest absolute Gasteiger partial charge is 0.297 e. The van der Waals surface area contributed by atoms with Crippen molar-refractivity contribution in [3.63, 3.8) is 0 Å². The van der Waals surface area contributed by atoms with Crippen molar-refractivity contribution in [3.8, 4) is 0 Å². The van der Waals surface area contributed by atoms with Gasteiger partial charge < -0.3 is 0 Å². The maximum absolute atomic E-state index is 12.8. The van der Waals surface area contributed by atoms with Crippen LogP contribution in [0.5, 0.6) is 0 Å². The number of carbonyl (C=O) groups excluding carboxylic acids is 2. The van der Waals surface area contributed by atoms with Crippen molar-refractivity contribution in [1.29, 1.82) is 0 Å². The van der Waals surface area contributed by atoms with Gasteiger partial charge in [0.25, 0.3) is 5.91 Å². The molecule has 1 spiro atoms. The van der Waals surface area contributed by atoms with Crippen molar-refractivity contribution in [2.45, 2.75) is 31.1 Å². The Morgan fingerprint density at radius 2 is 1.77 bits per heavy atom. The van der Waals surface area contributed by atoms with Gasteiger partial charge in [-0.05, 0) is 31.0 Å². The highest BCUT2D eigenvalue weighted by Gasteiger charge is 2.55. The van der Waals surface area contributed by atoms with Gasteiger partial charge in [0.05, 0.1) is 27.0 Å². The van der Waals surface area contributed by atoms with Gasteiger partial charge in [0.1, 0.15) is 5.54 Å². The number of pyridine rings is 1. The van der Waals surface area contributed by atoms with Crippen LogP contribution in [0.1, 0.15) is 24.1 Å². The first-order chi connectivity index (χ1) is 14.6. The summed E-state index contributed by atoms with van der Waals surface area (Å²) in [6.45, 7) is 1.07. The van der Waals surface area contributed by atoms with Gasteiger partial charge in [-0.1, -0.05) is 35.3 Å². The van der Waals surface area contributed by atoms with Gasteiger partial charge in [0, 0.05) is 25.8 Å². The number of piperidine rings is 1. The van der Waals surface area contributed by atoms with Crippen molar-refractivity contribution >= 4 is 40.8 Å². The number of hydrogen-bond acceptors (Lipinski definition) is 4. The van der Waals surface area contributed by atoms with E-state index in [1.54, 1.807) is 24.3 Å². The summed E-state index contributed by atoms with van der Waals surface area (Å²) in [6, 6.07) is 7.13. The molecule has 3 amide bonds. The molecule has 31 heavy (non-hydrogen) atoms. The van der Waals surface area contributed by atoms with E-state index >= 15 is 0 Å². The second-order valence-corrected chi connectivity index (χ2v) is 8.32. The summed E-state index contributed by atoms with van der Waals surface area (Å²) in [5, 5.41) is 2.67. The maximum atomic E-state index is 12.8. The Morgan fingerprint density at radius 1 is 1.10 bits per heavy atom. The van der Waals surface area contributed by atoms with E-state index < -0.39 is 23.3 Å². The summed E-state index contributed by atoms with van der Waals surface area (Å²) in [5.74, 6) is -0.386. The van der Waals surface area contributed by atoms with Gasteiger partial charge in [0.15, 0.2) is 0 Å². The number of para-hydroxylation sites is 1. The van der Waals surface area contributed by atoms with Crippen molar-refractivity contribution in [3.05, 3.63) is 57.8 Å². The second kappa shape index (κ2) is 7.96. The van der Waals surface area contributed by atoms with E-state index in [-0.39, 0.29) is 17.5 Å². The van der Waals surface area contributed by atoms with Crippen LogP contribution in [0.25, 0.3) is 0 Å². The monoisotopic (exact) mass is 472 g/mol. The van der Waals surface area contributed by atoms with Crippen LogP contribution in [-0.2, 0) is 17.5 Å². The number of halogens is 5. The van der Waals surface area contributed by atoms with Crippen molar-refractivity contribution < 1.29 is 22.8 Å². The Kier molecular flexibility index (Phi) is 5.61. The van der Waals surface area contributed by atoms with Gasteiger partial charge in [-0.25, -0.2) is 4.79 Å². The Balaban J connectivity index is 1.51. The number of alkyl halides is 3. The Bertz CT molecular complexity index is 1040. The molecule has 164 valence electrons. The molecule has 1 aromatic heterocycles. The van der Waals surface area contributed by atoms with Crippen molar-refractivity contribution in [2.75, 3.05) is 18.0 Å². The number of amides is 3. The highest BCUT2D eigenvalue weighted by atomic mass is 35.5. The molecule has 0 unspecified atom stereocenters. The van der Waals surface area contributed by atoms with Gasteiger partial charge in [-0.3, -0.25) is 24.9 Å². The van der Waals surface area contributed by atoms with E-state index in [1.165, 1.54) is 4.90 Å². The average molecular weight is 473 g/mol. The third kappa shape index (κ3) is 3.97. The predicted molar refractivity (Wildman–Crippen MR) is 109 cm³/mol. The molecule has 2 aromatic rings. The molecule has 0 bridgehead atoms. The predicted octanol–water partition coefficient (Wildman–Crippen LogP) is 4.50. The molecule has 2 fully saturated rings. The summed E-state index contributed by atoms with van der Waals surface area (Å²) < 4.78 is 38.4. The Morgan fingerprint density at radius 3 is 2.39 bits per heavy atom. The summed E-state index contributed by atoms with van der Waals surface area (Å²) in [5.41, 5.74) is -1.21. The van der Waals surface area contributed by atoms with Gasteiger partial charge in [0.2, 0.25) is 0 Å². The number of anilines is 1. The standard InChI is InChI=1S/C20H17Cl2F3N4O2/c21-13-3-1-2-4-16(13)29-18(31)27-17(30)19(29)5-7-28(8-6-19)11-15-14(22)9-12(10-26-15)20(23,24)25/h1-4,9-10H,5-8,11H2,(H,27,30,31). The third-order valence-corrected chi connectivity index (χ3v) is 6.32. The first-order valence-corrected chi connectivity index (χ1v) is 10.2. The lowest BCUT2D eigenvalue weighted by Gasteiger charge is -2.42. The molecule has 0 radical (unpaired) electrons. The van der Waals surface area contributed by atoms with Gasteiger partial charge >= 0.3 is 12.2 Å². The van der Waals surface area contributed by atoms with E-state index in [2.05, 4.69) is 10.3 Å². The molecule has 4 rings (SSSR count). The van der Waals surface area contributed by atoms with Crippen LogP contribution in [0.15, 0.2) is 36.5 Å². The lowest BCUT2D eigenvalue weighted by Crippen LogP contribution is -2.56. The molecule has 11 heteroatoms. The van der Waals surface area contributed by atoms with E-state index in [4.69, 9.17) is 23.2 Å². The van der Waals surface area contributed by atoms with E-state index in [0.717, 1.165) is 12.3 Å². The molecule has 1 N–H and O–H groups in total. The summed E-state index contributed by atoms with van der Waals surface area (Å²) >= 11 is 12.3. The maximum Gasteiger partial charge on any atom is 0.417 e. The lowest BCUT2D eigenvalue weighted by atomic mass is 9.85. The largest absolute Gasteiger partial charge is 0.417 e. The number of hydrogen-bond donors (Lipinski definition) is 1. The molecule has 2 aliphatic heterocycles. The number of nitrogens with one attached hydrogen (secondary N) is 1. The number of benzene rings is 1. The number of urea groups is 1. The molecule has 0 saturated carbocycles. The minimum Gasteiger partial charge on any atom is -0.297 e. The molecule has 6 nitrogen and oxygen atoms in total. The number of nitrogens with zero attached hydrogens (tertiary/aromatic N) is 3. The van der Waals surface area contributed by atoms with Crippen LogP contribution in [0, 0.1) is 0 Å². The second-order valence-electron chi connectivity index (χ2n) is 7.50. The fourth-order valence-corrected chi connectivity index (χ4v) is 4.47. The first-order valence-electron chi connectivity index (χ1n) is 9.46. The van der Waals surface area contributed by atoms with Crippen LogP contribution >= 0.6 is 23.2 Å². The Labute approximate surface area is 185 Å². The van der Waals surface area contributed by atoms with Gasteiger partial charge in [-0.15, -0.1) is 0 Å². The van der Waals surface area contributed by atoms with Crippen LogP contribution in [0.2, 0.25) is 10.0 Å². The quantitative estimate of drug-likeness (QED) is 0.667. The lowest BCUT2D eigenvalue weighted by molar-refractivity contribution is -0.137. The minimum atomic E-state index is -4.52. The number of aromatic nitrogens is 1. The highest BCUT2D eigenvalue weighted by molar-refractivity contribution is 6.34. The first kappa shape index (κ1) is 21.9. The minimum absolute atomic E-state index is 0.0680. The summed E-state index contributed by atoms with van der Waals surface area (Å²) in [6.07, 6.45) is -3.10. The van der Waals surface area contributed by atoms with Gasteiger partial charge in [-0.2, -0.15) is 13.2 Å². The van der Waals surface area contributed by atoms with Crippen LogP contribution in [0.3, 0.4) is 0 Å². The van der Waals surface area contributed by atoms with Crippen LogP contribution in [0.4, 0.5) is 23.7 Å². The molecule has 0 aliphatic carbocycles.